The number of aryl methyl sites for hydroxylation is 2. The quantitative estimate of drug-likeness (QED) is 0.687. The molecule has 0 heterocycles. The number of aliphatic hydroxyl groups excluding tert-OH is 2. The van der Waals surface area contributed by atoms with Crippen molar-refractivity contribution in [3.63, 3.8) is 0 Å². The normalized spacial score (nSPS) is 15.0. The van der Waals surface area contributed by atoms with E-state index in [1.807, 2.05) is 32.0 Å². The Hall–Kier alpha value is -0.510. The first-order valence-corrected chi connectivity index (χ1v) is 5.73. The molecule has 1 aromatic carbocycles. The van der Waals surface area contributed by atoms with Crippen LogP contribution in [0.2, 0.25) is 0 Å². The lowest BCUT2D eigenvalue weighted by Crippen LogP contribution is -2.18. The summed E-state index contributed by atoms with van der Waals surface area (Å²) < 4.78 is 0. The summed E-state index contributed by atoms with van der Waals surface area (Å²) in [7, 11) is 0. The van der Waals surface area contributed by atoms with E-state index in [0.717, 1.165) is 11.1 Å². The fraction of sp³-hybridized carbons (Fsp3) is 0.500. The van der Waals surface area contributed by atoms with Gasteiger partial charge in [-0.1, -0.05) is 18.2 Å². The number of benzene rings is 1. The molecule has 0 saturated carbocycles. The summed E-state index contributed by atoms with van der Waals surface area (Å²) in [5.41, 5.74) is 3.09. The maximum absolute atomic E-state index is 9.85. The molecule has 0 saturated heterocycles. The summed E-state index contributed by atoms with van der Waals surface area (Å²) in [6, 6.07) is 5.73. The van der Waals surface area contributed by atoms with Crippen molar-refractivity contribution in [3.8, 4) is 0 Å². The highest BCUT2D eigenvalue weighted by Crippen LogP contribution is 2.21. The van der Waals surface area contributed by atoms with Gasteiger partial charge in [0.25, 0.3) is 0 Å². The third-order valence-corrected chi connectivity index (χ3v) is 2.92. The van der Waals surface area contributed by atoms with Crippen molar-refractivity contribution in [2.75, 3.05) is 5.75 Å². The van der Waals surface area contributed by atoms with Gasteiger partial charge in [-0.3, -0.25) is 0 Å². The SMILES string of the molecule is Cc1ccc(C(O)C(O)CCS)cc1C. The smallest absolute Gasteiger partial charge is 0.105 e. The first kappa shape index (κ1) is 12.6. The molecule has 15 heavy (non-hydrogen) atoms. The predicted octanol–water partition coefficient (Wildman–Crippen LogP) is 2.02. The summed E-state index contributed by atoms with van der Waals surface area (Å²) in [5.74, 6) is 0.572. The summed E-state index contributed by atoms with van der Waals surface area (Å²) in [5, 5.41) is 19.5. The number of hydrogen-bond acceptors (Lipinski definition) is 3. The summed E-state index contributed by atoms with van der Waals surface area (Å²) >= 11 is 4.03. The van der Waals surface area contributed by atoms with E-state index in [-0.39, 0.29) is 0 Å². The highest BCUT2D eigenvalue weighted by atomic mass is 32.1. The second-order valence-corrected chi connectivity index (χ2v) is 4.32. The zero-order chi connectivity index (χ0) is 11.4. The summed E-state index contributed by atoms with van der Waals surface area (Å²) in [6.45, 7) is 4.02. The molecule has 0 aromatic heterocycles. The van der Waals surface area contributed by atoms with Gasteiger partial charge in [0.2, 0.25) is 0 Å². The molecule has 2 nitrogen and oxygen atoms in total. The molecule has 0 aliphatic carbocycles. The number of aliphatic hydroxyl groups is 2. The van der Waals surface area contributed by atoms with Gasteiger partial charge in [-0.05, 0) is 42.7 Å². The van der Waals surface area contributed by atoms with Crippen LogP contribution in [-0.4, -0.2) is 22.1 Å². The van der Waals surface area contributed by atoms with Gasteiger partial charge in [0.1, 0.15) is 6.10 Å². The van der Waals surface area contributed by atoms with E-state index in [4.69, 9.17) is 0 Å². The maximum Gasteiger partial charge on any atom is 0.105 e. The molecule has 2 atom stereocenters. The third kappa shape index (κ3) is 3.23. The van der Waals surface area contributed by atoms with Crippen LogP contribution in [0.25, 0.3) is 0 Å². The Morgan fingerprint density at radius 1 is 1.20 bits per heavy atom. The minimum Gasteiger partial charge on any atom is -0.390 e. The first-order chi connectivity index (χ1) is 7.06. The van der Waals surface area contributed by atoms with Crippen molar-refractivity contribution in [2.24, 2.45) is 0 Å². The molecule has 1 aromatic rings. The average molecular weight is 226 g/mol. The van der Waals surface area contributed by atoms with E-state index >= 15 is 0 Å². The third-order valence-electron chi connectivity index (χ3n) is 2.66. The molecule has 0 aliphatic heterocycles. The van der Waals surface area contributed by atoms with Crippen LogP contribution in [0.4, 0.5) is 0 Å². The van der Waals surface area contributed by atoms with Crippen molar-refractivity contribution in [1.82, 2.24) is 0 Å². The van der Waals surface area contributed by atoms with Gasteiger partial charge in [-0.2, -0.15) is 12.6 Å². The minimum absolute atomic E-state index is 0.497. The Kier molecular flexibility index (Phi) is 4.64. The highest BCUT2D eigenvalue weighted by Gasteiger charge is 2.17. The van der Waals surface area contributed by atoms with Gasteiger partial charge < -0.3 is 10.2 Å². The fourth-order valence-corrected chi connectivity index (χ4v) is 1.73. The second-order valence-electron chi connectivity index (χ2n) is 3.87. The van der Waals surface area contributed by atoms with Crippen molar-refractivity contribution >= 4 is 12.6 Å². The van der Waals surface area contributed by atoms with E-state index in [1.165, 1.54) is 5.56 Å². The molecule has 0 spiro atoms. The molecule has 0 bridgehead atoms. The lowest BCUT2D eigenvalue weighted by molar-refractivity contribution is 0.0172. The Bertz CT molecular complexity index is 325. The predicted molar refractivity (Wildman–Crippen MR) is 65.4 cm³/mol. The van der Waals surface area contributed by atoms with Crippen LogP contribution in [0.5, 0.6) is 0 Å². The largest absolute Gasteiger partial charge is 0.390 e. The van der Waals surface area contributed by atoms with E-state index in [0.29, 0.717) is 12.2 Å². The first-order valence-electron chi connectivity index (χ1n) is 5.10. The lowest BCUT2D eigenvalue weighted by Gasteiger charge is -2.18. The van der Waals surface area contributed by atoms with Crippen LogP contribution in [0.15, 0.2) is 18.2 Å². The highest BCUT2D eigenvalue weighted by molar-refractivity contribution is 7.80. The van der Waals surface area contributed by atoms with Crippen LogP contribution >= 0.6 is 12.6 Å². The number of rotatable bonds is 4. The average Bonchev–Trinajstić information content (AvgIpc) is 2.21. The van der Waals surface area contributed by atoms with Crippen molar-refractivity contribution in [1.29, 1.82) is 0 Å². The van der Waals surface area contributed by atoms with Gasteiger partial charge in [-0.25, -0.2) is 0 Å². The monoisotopic (exact) mass is 226 g/mol. The van der Waals surface area contributed by atoms with E-state index in [9.17, 15) is 10.2 Å². The number of hydrogen-bond donors (Lipinski definition) is 3. The molecule has 84 valence electrons. The van der Waals surface area contributed by atoms with Gasteiger partial charge in [0, 0.05) is 0 Å². The standard InChI is InChI=1S/C12H18O2S/c1-8-3-4-10(7-9(8)2)12(14)11(13)5-6-15/h3-4,7,11-15H,5-6H2,1-2H3. The van der Waals surface area contributed by atoms with Crippen LogP contribution < -0.4 is 0 Å². The Labute approximate surface area is 96.4 Å². The van der Waals surface area contributed by atoms with Gasteiger partial charge >= 0.3 is 0 Å². The van der Waals surface area contributed by atoms with E-state index in [1.54, 1.807) is 0 Å². The summed E-state index contributed by atoms with van der Waals surface area (Å²) in [4.78, 5) is 0. The molecule has 0 radical (unpaired) electrons. The lowest BCUT2D eigenvalue weighted by atomic mass is 9.98. The molecule has 3 heteroatoms. The fourth-order valence-electron chi connectivity index (χ4n) is 1.46. The van der Waals surface area contributed by atoms with Crippen LogP contribution in [-0.2, 0) is 0 Å². The zero-order valence-electron chi connectivity index (χ0n) is 9.14. The van der Waals surface area contributed by atoms with Gasteiger partial charge in [0.05, 0.1) is 6.10 Å². The molecular formula is C12H18O2S. The summed E-state index contributed by atoms with van der Waals surface area (Å²) in [6.07, 6.45) is -1.04. The van der Waals surface area contributed by atoms with Crippen molar-refractivity contribution in [2.45, 2.75) is 32.5 Å². The zero-order valence-corrected chi connectivity index (χ0v) is 10.0. The van der Waals surface area contributed by atoms with Crippen molar-refractivity contribution < 1.29 is 10.2 Å². The Balaban J connectivity index is 2.81. The Morgan fingerprint density at radius 2 is 1.87 bits per heavy atom. The minimum atomic E-state index is -0.809. The topological polar surface area (TPSA) is 40.5 Å². The van der Waals surface area contributed by atoms with E-state index < -0.39 is 12.2 Å². The second kappa shape index (κ2) is 5.54. The molecule has 1 rings (SSSR count). The van der Waals surface area contributed by atoms with Crippen LogP contribution in [0.3, 0.4) is 0 Å². The molecule has 0 fully saturated rings. The van der Waals surface area contributed by atoms with Crippen LogP contribution in [0.1, 0.15) is 29.2 Å². The molecule has 2 N–H and O–H groups in total. The number of thiol groups is 1. The van der Waals surface area contributed by atoms with Crippen LogP contribution in [0, 0.1) is 13.8 Å². The molecule has 2 unspecified atom stereocenters. The molecule has 0 amide bonds. The maximum atomic E-state index is 9.85. The van der Waals surface area contributed by atoms with Gasteiger partial charge in [-0.15, -0.1) is 0 Å². The molecule has 0 aliphatic rings. The van der Waals surface area contributed by atoms with Crippen molar-refractivity contribution in [3.05, 3.63) is 34.9 Å². The Morgan fingerprint density at radius 3 is 2.40 bits per heavy atom. The van der Waals surface area contributed by atoms with E-state index in [2.05, 4.69) is 12.6 Å². The van der Waals surface area contributed by atoms with Gasteiger partial charge in [0.15, 0.2) is 0 Å². The molecular weight excluding hydrogens is 208 g/mol.